The number of anilines is 1. The van der Waals surface area contributed by atoms with Crippen molar-refractivity contribution in [2.24, 2.45) is 0 Å². The van der Waals surface area contributed by atoms with E-state index in [4.69, 9.17) is 5.73 Å². The summed E-state index contributed by atoms with van der Waals surface area (Å²) in [4.78, 5) is 5.56. The Morgan fingerprint density at radius 3 is 2.87 bits per heavy atom. The highest BCUT2D eigenvalue weighted by atomic mass is 32.1. The van der Waals surface area contributed by atoms with Gasteiger partial charge in [-0.05, 0) is 24.5 Å². The van der Waals surface area contributed by atoms with Gasteiger partial charge in [-0.2, -0.15) is 0 Å². The Morgan fingerprint density at radius 2 is 2.20 bits per heavy atom. The van der Waals surface area contributed by atoms with Gasteiger partial charge in [-0.15, -0.1) is 11.3 Å². The molecule has 1 aromatic heterocycles. The molecule has 0 saturated carbocycles. The average molecular weight is 216 g/mol. The molecule has 1 aliphatic carbocycles. The summed E-state index contributed by atoms with van der Waals surface area (Å²) in [5, 5.41) is 1.17. The lowest BCUT2D eigenvalue weighted by Crippen LogP contribution is -2.17. The summed E-state index contributed by atoms with van der Waals surface area (Å²) in [7, 11) is 0. The Balaban J connectivity index is 2.00. The second-order valence-electron chi connectivity index (χ2n) is 3.95. The molecular weight excluding hydrogens is 204 g/mol. The fourth-order valence-corrected chi connectivity index (χ4v) is 3.02. The molecular formula is C12H12N2S. The topological polar surface area (TPSA) is 38.9 Å². The Morgan fingerprint density at radius 1 is 1.40 bits per heavy atom. The zero-order valence-electron chi connectivity index (χ0n) is 8.53. The lowest BCUT2D eigenvalue weighted by molar-refractivity contribution is 0.703. The molecule has 1 aliphatic rings. The van der Waals surface area contributed by atoms with Crippen LogP contribution in [-0.2, 0) is 6.42 Å². The SMILES string of the molecule is Cc1sc(C2Cc3ccccc32)nc1N. The first-order valence-electron chi connectivity index (χ1n) is 5.06. The van der Waals surface area contributed by atoms with E-state index in [9.17, 15) is 0 Å². The van der Waals surface area contributed by atoms with Crippen LogP contribution in [0.5, 0.6) is 0 Å². The minimum atomic E-state index is 0.488. The first-order chi connectivity index (χ1) is 7.25. The van der Waals surface area contributed by atoms with Gasteiger partial charge in [0.2, 0.25) is 0 Å². The Kier molecular flexibility index (Phi) is 1.83. The van der Waals surface area contributed by atoms with E-state index in [1.165, 1.54) is 16.1 Å². The molecule has 0 radical (unpaired) electrons. The summed E-state index contributed by atoms with van der Waals surface area (Å²) in [6, 6.07) is 8.57. The normalized spacial score (nSPS) is 18.3. The standard InChI is InChI=1S/C12H12N2S/c1-7-11(13)14-12(15-7)10-6-8-4-2-3-5-9(8)10/h2-5,10H,6,13H2,1H3. The number of hydrogen-bond acceptors (Lipinski definition) is 3. The highest BCUT2D eigenvalue weighted by molar-refractivity contribution is 7.12. The van der Waals surface area contributed by atoms with Crippen LogP contribution in [0.25, 0.3) is 0 Å². The molecule has 0 bridgehead atoms. The van der Waals surface area contributed by atoms with E-state index >= 15 is 0 Å². The maximum absolute atomic E-state index is 5.78. The van der Waals surface area contributed by atoms with Gasteiger partial charge in [0.1, 0.15) is 10.8 Å². The fraction of sp³-hybridized carbons (Fsp3) is 0.250. The lowest BCUT2D eigenvalue weighted by Gasteiger charge is -2.28. The van der Waals surface area contributed by atoms with Gasteiger partial charge in [-0.3, -0.25) is 0 Å². The molecule has 0 spiro atoms. The molecule has 3 rings (SSSR count). The monoisotopic (exact) mass is 216 g/mol. The molecule has 1 atom stereocenters. The van der Waals surface area contributed by atoms with Gasteiger partial charge < -0.3 is 5.73 Å². The third-order valence-corrected chi connectivity index (χ3v) is 4.10. The minimum absolute atomic E-state index is 0.488. The zero-order chi connectivity index (χ0) is 10.4. The Bertz CT molecular complexity index is 497. The maximum Gasteiger partial charge on any atom is 0.137 e. The number of nitrogen functional groups attached to an aromatic ring is 1. The highest BCUT2D eigenvalue weighted by Crippen LogP contribution is 2.42. The van der Waals surface area contributed by atoms with E-state index < -0.39 is 0 Å². The number of aryl methyl sites for hydroxylation is 1. The predicted octanol–water partition coefficient (Wildman–Crippen LogP) is 2.72. The van der Waals surface area contributed by atoms with E-state index in [-0.39, 0.29) is 0 Å². The molecule has 0 saturated heterocycles. The van der Waals surface area contributed by atoms with Crippen molar-refractivity contribution >= 4 is 17.2 Å². The second-order valence-corrected chi connectivity index (χ2v) is 5.18. The predicted molar refractivity (Wildman–Crippen MR) is 63.3 cm³/mol. The third kappa shape index (κ3) is 1.27. The van der Waals surface area contributed by atoms with Crippen molar-refractivity contribution in [1.82, 2.24) is 4.98 Å². The van der Waals surface area contributed by atoms with Crippen LogP contribution in [0.2, 0.25) is 0 Å². The van der Waals surface area contributed by atoms with E-state index in [1.54, 1.807) is 11.3 Å². The quantitative estimate of drug-likeness (QED) is 0.796. The van der Waals surface area contributed by atoms with Gasteiger partial charge >= 0.3 is 0 Å². The van der Waals surface area contributed by atoms with Crippen molar-refractivity contribution in [3.05, 3.63) is 45.3 Å². The number of fused-ring (bicyclic) bond motifs is 1. The second kappa shape index (κ2) is 3.07. The Labute approximate surface area is 92.8 Å². The first-order valence-corrected chi connectivity index (χ1v) is 5.88. The van der Waals surface area contributed by atoms with Gasteiger partial charge in [0.25, 0.3) is 0 Å². The van der Waals surface area contributed by atoms with E-state index in [1.807, 2.05) is 6.92 Å². The summed E-state index contributed by atoms with van der Waals surface area (Å²) in [6.45, 7) is 2.03. The van der Waals surface area contributed by atoms with Crippen LogP contribution in [0.4, 0.5) is 5.82 Å². The average Bonchev–Trinajstić information content (AvgIpc) is 2.49. The van der Waals surface area contributed by atoms with Crippen LogP contribution in [0.1, 0.15) is 26.9 Å². The lowest BCUT2D eigenvalue weighted by atomic mass is 9.78. The van der Waals surface area contributed by atoms with Crippen LogP contribution in [0.15, 0.2) is 24.3 Å². The largest absolute Gasteiger partial charge is 0.383 e. The molecule has 1 unspecified atom stereocenters. The number of rotatable bonds is 1. The first kappa shape index (κ1) is 8.92. The molecule has 2 N–H and O–H groups in total. The molecule has 3 heteroatoms. The van der Waals surface area contributed by atoms with Crippen molar-refractivity contribution in [3.8, 4) is 0 Å². The molecule has 0 aliphatic heterocycles. The van der Waals surface area contributed by atoms with E-state index in [0.717, 1.165) is 11.3 Å². The van der Waals surface area contributed by atoms with Crippen molar-refractivity contribution in [3.63, 3.8) is 0 Å². The molecule has 2 aromatic rings. The fourth-order valence-electron chi connectivity index (χ4n) is 2.06. The Hall–Kier alpha value is -1.35. The third-order valence-electron chi connectivity index (χ3n) is 3.00. The molecule has 0 amide bonds. The van der Waals surface area contributed by atoms with Gasteiger partial charge in [0, 0.05) is 10.8 Å². The van der Waals surface area contributed by atoms with Gasteiger partial charge in [0.15, 0.2) is 0 Å². The van der Waals surface area contributed by atoms with Gasteiger partial charge in [-0.25, -0.2) is 4.98 Å². The van der Waals surface area contributed by atoms with Crippen molar-refractivity contribution < 1.29 is 0 Å². The van der Waals surface area contributed by atoms with Crippen LogP contribution in [0, 0.1) is 6.92 Å². The van der Waals surface area contributed by atoms with Crippen LogP contribution in [0.3, 0.4) is 0 Å². The summed E-state index contributed by atoms with van der Waals surface area (Å²) in [6.07, 6.45) is 1.11. The number of benzene rings is 1. The van der Waals surface area contributed by atoms with Crippen molar-refractivity contribution in [1.29, 1.82) is 0 Å². The molecule has 1 aromatic carbocycles. The number of aromatic nitrogens is 1. The minimum Gasteiger partial charge on any atom is -0.383 e. The van der Waals surface area contributed by atoms with Gasteiger partial charge in [-0.1, -0.05) is 24.3 Å². The molecule has 1 heterocycles. The van der Waals surface area contributed by atoms with Crippen LogP contribution < -0.4 is 5.73 Å². The molecule has 0 fully saturated rings. The maximum atomic E-state index is 5.78. The van der Waals surface area contributed by atoms with Crippen molar-refractivity contribution in [2.75, 3.05) is 5.73 Å². The number of nitrogens with two attached hydrogens (primary N) is 1. The highest BCUT2D eigenvalue weighted by Gasteiger charge is 2.29. The number of thiazole rings is 1. The molecule has 15 heavy (non-hydrogen) atoms. The van der Waals surface area contributed by atoms with E-state index in [0.29, 0.717) is 11.7 Å². The zero-order valence-corrected chi connectivity index (χ0v) is 9.34. The molecule has 76 valence electrons. The smallest absolute Gasteiger partial charge is 0.137 e. The van der Waals surface area contributed by atoms with E-state index in [2.05, 4.69) is 29.2 Å². The van der Waals surface area contributed by atoms with Crippen LogP contribution >= 0.6 is 11.3 Å². The summed E-state index contributed by atoms with van der Waals surface area (Å²) >= 11 is 1.73. The summed E-state index contributed by atoms with van der Waals surface area (Å²) in [5.74, 6) is 1.18. The summed E-state index contributed by atoms with van der Waals surface area (Å²) < 4.78 is 0. The van der Waals surface area contributed by atoms with Crippen molar-refractivity contribution in [2.45, 2.75) is 19.3 Å². The summed E-state index contributed by atoms with van der Waals surface area (Å²) in [5.41, 5.74) is 8.65. The number of hydrogen-bond donors (Lipinski definition) is 1. The number of nitrogens with zero attached hydrogens (tertiary/aromatic N) is 1. The van der Waals surface area contributed by atoms with Gasteiger partial charge in [0.05, 0.1) is 0 Å². The van der Waals surface area contributed by atoms with Crippen LogP contribution in [-0.4, -0.2) is 4.98 Å². The molecule has 2 nitrogen and oxygen atoms in total.